The summed E-state index contributed by atoms with van der Waals surface area (Å²) in [6, 6.07) is 8.83. The van der Waals surface area contributed by atoms with Crippen molar-refractivity contribution in [2.75, 3.05) is 5.32 Å². The molecule has 0 saturated carbocycles. The molecule has 0 atom stereocenters. The molecule has 92 valence electrons. The second kappa shape index (κ2) is 4.87. The molecule has 2 rings (SSSR count). The lowest BCUT2D eigenvalue weighted by Gasteiger charge is -2.12. The van der Waals surface area contributed by atoms with Crippen molar-refractivity contribution >= 4 is 17.5 Å². The Labute approximate surface area is 105 Å². The van der Waals surface area contributed by atoms with Crippen molar-refractivity contribution < 1.29 is 9.90 Å². The lowest BCUT2D eigenvalue weighted by molar-refractivity contribution is -0.254. The van der Waals surface area contributed by atoms with E-state index in [2.05, 4.69) is 10.3 Å². The topological polar surface area (TPSA) is 65.0 Å². The minimum Gasteiger partial charge on any atom is -0.545 e. The fraction of sp³-hybridized carbons (Fsp3) is 0.143. The SMILES string of the molecule is Cc1ccc(Nc2ncccc2C(=O)[O-])cc1C. The van der Waals surface area contributed by atoms with Crippen molar-refractivity contribution in [3.05, 3.63) is 53.2 Å². The molecule has 0 spiro atoms. The van der Waals surface area contributed by atoms with Crippen LogP contribution in [0.25, 0.3) is 0 Å². The number of rotatable bonds is 3. The summed E-state index contributed by atoms with van der Waals surface area (Å²) in [7, 11) is 0. The number of aromatic nitrogens is 1. The molecular formula is C14H13N2O2-. The van der Waals surface area contributed by atoms with Crippen molar-refractivity contribution in [3.8, 4) is 0 Å². The standard InChI is InChI=1S/C14H14N2O2/c1-9-5-6-11(8-10(9)2)16-13-12(14(17)18)4-3-7-15-13/h3-8H,1-2H3,(H,15,16)(H,17,18)/p-1. The predicted octanol–water partition coefficient (Wildman–Crippen LogP) is 1.81. The third-order valence-electron chi connectivity index (χ3n) is 2.80. The van der Waals surface area contributed by atoms with Gasteiger partial charge in [-0.05, 0) is 49.2 Å². The summed E-state index contributed by atoms with van der Waals surface area (Å²) in [4.78, 5) is 15.0. The lowest BCUT2D eigenvalue weighted by Crippen LogP contribution is -2.23. The van der Waals surface area contributed by atoms with E-state index < -0.39 is 5.97 Å². The van der Waals surface area contributed by atoms with Gasteiger partial charge in [-0.3, -0.25) is 0 Å². The summed E-state index contributed by atoms with van der Waals surface area (Å²) in [6.07, 6.45) is 1.54. The van der Waals surface area contributed by atoms with E-state index in [0.29, 0.717) is 5.82 Å². The van der Waals surface area contributed by atoms with Crippen LogP contribution in [0.1, 0.15) is 21.5 Å². The van der Waals surface area contributed by atoms with Crippen molar-refractivity contribution in [1.29, 1.82) is 0 Å². The van der Waals surface area contributed by atoms with Crippen LogP contribution in [0.5, 0.6) is 0 Å². The Morgan fingerprint density at radius 3 is 2.67 bits per heavy atom. The van der Waals surface area contributed by atoms with E-state index in [1.165, 1.54) is 17.8 Å². The van der Waals surface area contributed by atoms with E-state index in [-0.39, 0.29) is 5.56 Å². The third-order valence-corrected chi connectivity index (χ3v) is 2.80. The Hall–Kier alpha value is -2.36. The molecule has 1 heterocycles. The Balaban J connectivity index is 2.34. The van der Waals surface area contributed by atoms with Gasteiger partial charge in [0, 0.05) is 17.4 Å². The number of aromatic carboxylic acids is 1. The highest BCUT2D eigenvalue weighted by Crippen LogP contribution is 2.20. The van der Waals surface area contributed by atoms with E-state index in [0.717, 1.165) is 11.3 Å². The zero-order chi connectivity index (χ0) is 13.1. The van der Waals surface area contributed by atoms with Crippen LogP contribution in [0.15, 0.2) is 36.5 Å². The fourth-order valence-electron chi connectivity index (χ4n) is 1.63. The maximum atomic E-state index is 10.9. The van der Waals surface area contributed by atoms with E-state index in [4.69, 9.17) is 0 Å². The molecule has 0 bridgehead atoms. The monoisotopic (exact) mass is 241 g/mol. The molecule has 0 amide bonds. The quantitative estimate of drug-likeness (QED) is 0.890. The summed E-state index contributed by atoms with van der Waals surface area (Å²) < 4.78 is 0. The first-order valence-electron chi connectivity index (χ1n) is 5.58. The highest BCUT2D eigenvalue weighted by atomic mass is 16.4. The molecule has 0 radical (unpaired) electrons. The van der Waals surface area contributed by atoms with Crippen molar-refractivity contribution in [1.82, 2.24) is 4.98 Å². The molecule has 18 heavy (non-hydrogen) atoms. The molecule has 2 aromatic rings. The van der Waals surface area contributed by atoms with Crippen LogP contribution in [0.2, 0.25) is 0 Å². The number of pyridine rings is 1. The number of carbonyl (C=O) groups excluding carboxylic acids is 1. The minimum absolute atomic E-state index is 0.0516. The molecule has 1 aromatic heterocycles. The molecule has 1 aromatic carbocycles. The lowest BCUT2D eigenvalue weighted by atomic mass is 10.1. The molecule has 0 aliphatic heterocycles. The van der Waals surface area contributed by atoms with Crippen molar-refractivity contribution in [3.63, 3.8) is 0 Å². The van der Waals surface area contributed by atoms with Crippen molar-refractivity contribution in [2.45, 2.75) is 13.8 Å². The number of hydrogen-bond donors (Lipinski definition) is 1. The third kappa shape index (κ3) is 2.48. The first kappa shape index (κ1) is 12.1. The predicted molar refractivity (Wildman–Crippen MR) is 67.8 cm³/mol. The highest BCUT2D eigenvalue weighted by Gasteiger charge is 2.05. The molecule has 0 aliphatic carbocycles. The normalized spacial score (nSPS) is 10.1. The average Bonchev–Trinajstić information content (AvgIpc) is 2.34. The van der Waals surface area contributed by atoms with Crippen LogP contribution in [0.4, 0.5) is 11.5 Å². The van der Waals surface area contributed by atoms with E-state index >= 15 is 0 Å². The zero-order valence-electron chi connectivity index (χ0n) is 10.2. The number of aryl methyl sites for hydroxylation is 2. The van der Waals surface area contributed by atoms with Gasteiger partial charge in [0.05, 0.1) is 5.97 Å². The van der Waals surface area contributed by atoms with Gasteiger partial charge in [0.15, 0.2) is 0 Å². The molecule has 0 saturated heterocycles. The van der Waals surface area contributed by atoms with Crippen LogP contribution in [-0.4, -0.2) is 11.0 Å². The Bertz CT molecular complexity index is 594. The summed E-state index contributed by atoms with van der Waals surface area (Å²) >= 11 is 0. The first-order valence-corrected chi connectivity index (χ1v) is 5.58. The summed E-state index contributed by atoms with van der Waals surface area (Å²) in [5.41, 5.74) is 3.17. The molecule has 1 N–H and O–H groups in total. The molecule has 4 nitrogen and oxygen atoms in total. The van der Waals surface area contributed by atoms with Gasteiger partial charge in [0.25, 0.3) is 0 Å². The number of carboxylic acids is 1. The first-order chi connectivity index (χ1) is 8.58. The Morgan fingerprint density at radius 2 is 2.00 bits per heavy atom. The number of nitrogens with zero attached hydrogens (tertiary/aromatic N) is 1. The average molecular weight is 241 g/mol. The van der Waals surface area contributed by atoms with Crippen LogP contribution < -0.4 is 10.4 Å². The highest BCUT2D eigenvalue weighted by molar-refractivity contribution is 5.92. The van der Waals surface area contributed by atoms with Gasteiger partial charge in [0.2, 0.25) is 0 Å². The minimum atomic E-state index is -1.24. The van der Waals surface area contributed by atoms with Gasteiger partial charge >= 0.3 is 0 Å². The van der Waals surface area contributed by atoms with Crippen LogP contribution in [0, 0.1) is 13.8 Å². The Kier molecular flexibility index (Phi) is 3.28. The summed E-state index contributed by atoms with van der Waals surface area (Å²) in [6.45, 7) is 4.02. The number of carboxylic acid groups (broad SMARTS) is 1. The van der Waals surface area contributed by atoms with Crippen LogP contribution in [0.3, 0.4) is 0 Å². The molecular weight excluding hydrogens is 228 g/mol. The number of hydrogen-bond acceptors (Lipinski definition) is 4. The van der Waals surface area contributed by atoms with E-state index in [1.807, 2.05) is 32.0 Å². The van der Waals surface area contributed by atoms with E-state index in [1.54, 1.807) is 6.07 Å². The number of nitrogens with one attached hydrogen (secondary N) is 1. The number of anilines is 2. The maximum Gasteiger partial charge on any atom is 0.139 e. The van der Waals surface area contributed by atoms with Gasteiger partial charge in [-0.25, -0.2) is 4.98 Å². The van der Waals surface area contributed by atoms with Gasteiger partial charge in [-0.1, -0.05) is 6.07 Å². The largest absolute Gasteiger partial charge is 0.545 e. The van der Waals surface area contributed by atoms with E-state index in [9.17, 15) is 9.90 Å². The van der Waals surface area contributed by atoms with Crippen LogP contribution in [-0.2, 0) is 0 Å². The van der Waals surface area contributed by atoms with Gasteiger partial charge in [-0.15, -0.1) is 0 Å². The maximum absolute atomic E-state index is 10.9. The van der Waals surface area contributed by atoms with Gasteiger partial charge in [0.1, 0.15) is 5.82 Å². The van der Waals surface area contributed by atoms with Gasteiger partial charge in [-0.2, -0.15) is 0 Å². The fourth-order valence-corrected chi connectivity index (χ4v) is 1.63. The summed E-state index contributed by atoms with van der Waals surface area (Å²) in [5, 5.41) is 13.9. The molecule has 0 fully saturated rings. The Morgan fingerprint density at radius 1 is 1.22 bits per heavy atom. The summed E-state index contributed by atoms with van der Waals surface area (Å²) in [5.74, 6) is -0.949. The second-order valence-electron chi connectivity index (χ2n) is 4.11. The number of carbonyl (C=O) groups is 1. The number of benzene rings is 1. The smallest absolute Gasteiger partial charge is 0.139 e. The molecule has 4 heteroatoms. The zero-order valence-corrected chi connectivity index (χ0v) is 10.2. The van der Waals surface area contributed by atoms with Crippen molar-refractivity contribution in [2.24, 2.45) is 0 Å². The molecule has 0 unspecified atom stereocenters. The van der Waals surface area contributed by atoms with Gasteiger partial charge < -0.3 is 15.2 Å². The molecule has 0 aliphatic rings. The second-order valence-corrected chi connectivity index (χ2v) is 4.11. The van der Waals surface area contributed by atoms with Crippen LogP contribution >= 0.6 is 0 Å².